The van der Waals surface area contributed by atoms with Gasteiger partial charge in [-0.1, -0.05) is 17.7 Å². The van der Waals surface area contributed by atoms with E-state index in [0.29, 0.717) is 11.1 Å². The van der Waals surface area contributed by atoms with Crippen LogP contribution in [0.3, 0.4) is 0 Å². The molecule has 140 valence electrons. The van der Waals surface area contributed by atoms with Gasteiger partial charge in [-0.3, -0.25) is 0 Å². The van der Waals surface area contributed by atoms with Gasteiger partial charge in [-0.25, -0.2) is 9.78 Å². The first-order chi connectivity index (χ1) is 13.4. The van der Waals surface area contributed by atoms with Crippen LogP contribution < -0.4 is 20.9 Å². The molecule has 0 saturated carbocycles. The molecule has 2 aromatic carbocycles. The van der Waals surface area contributed by atoms with E-state index >= 15 is 0 Å². The summed E-state index contributed by atoms with van der Waals surface area (Å²) in [6, 6.07) is 13.8. The Morgan fingerprint density at radius 1 is 1.11 bits per heavy atom. The average molecular weight is 375 g/mol. The number of hydrogen-bond acceptors (Lipinski definition) is 8. The third-order valence-corrected chi connectivity index (χ3v) is 3.96. The number of carbonyl (C=O) groups is 1. The van der Waals surface area contributed by atoms with Crippen molar-refractivity contribution in [2.75, 3.05) is 18.6 Å². The molecule has 4 N–H and O–H groups in total. The average Bonchev–Trinajstić information content (AvgIpc) is 2.67. The minimum absolute atomic E-state index is 0.0149. The van der Waals surface area contributed by atoms with Crippen LogP contribution in [0.2, 0.25) is 0 Å². The van der Waals surface area contributed by atoms with Crippen molar-refractivity contribution >= 4 is 17.7 Å². The summed E-state index contributed by atoms with van der Waals surface area (Å²) in [5.74, 6) is -0.0632. The van der Waals surface area contributed by atoms with Gasteiger partial charge in [-0.05, 0) is 37.3 Å². The first-order valence-electron chi connectivity index (χ1n) is 8.23. The molecular formula is C20H17N5O3. The van der Waals surface area contributed by atoms with Crippen LogP contribution in [0.15, 0.2) is 42.5 Å². The maximum Gasteiger partial charge on any atom is 0.343 e. The number of rotatable bonds is 4. The number of aryl methyl sites for hydroxylation is 1. The molecule has 0 amide bonds. The summed E-state index contributed by atoms with van der Waals surface area (Å²) in [4.78, 5) is 20.3. The van der Waals surface area contributed by atoms with Crippen molar-refractivity contribution in [3.63, 3.8) is 0 Å². The zero-order valence-electron chi connectivity index (χ0n) is 15.3. The second kappa shape index (κ2) is 7.63. The standard InChI is InChI=1S/C20H17N5O3/c1-11-4-3-5-13(8-11)19(26)28-15-7-6-12(9-16(15)27-2)17-14(10-21)18(22)25-20(23)24-17/h3-9H,1-2H3,(H4,22,23,24,25). The van der Waals surface area contributed by atoms with E-state index in [1.54, 1.807) is 36.4 Å². The molecule has 0 aliphatic rings. The lowest BCUT2D eigenvalue weighted by atomic mass is 10.1. The van der Waals surface area contributed by atoms with Gasteiger partial charge in [-0.2, -0.15) is 10.2 Å². The Morgan fingerprint density at radius 2 is 1.89 bits per heavy atom. The Labute approximate surface area is 161 Å². The number of carbonyl (C=O) groups excluding carboxylic acids is 1. The van der Waals surface area contributed by atoms with Crippen molar-refractivity contribution in [3.05, 3.63) is 59.2 Å². The lowest BCUT2D eigenvalue weighted by molar-refractivity contribution is 0.0729. The molecule has 0 bridgehead atoms. The maximum atomic E-state index is 12.4. The normalized spacial score (nSPS) is 10.2. The van der Waals surface area contributed by atoms with Gasteiger partial charge in [-0.15, -0.1) is 0 Å². The number of nitrogen functional groups attached to an aromatic ring is 2. The Balaban J connectivity index is 1.98. The topological polar surface area (TPSA) is 137 Å². The number of nitrogens with two attached hydrogens (primary N) is 2. The third-order valence-electron chi connectivity index (χ3n) is 3.96. The molecule has 0 atom stereocenters. The second-order valence-electron chi connectivity index (χ2n) is 5.93. The number of benzene rings is 2. The van der Waals surface area contributed by atoms with Crippen LogP contribution in [0.1, 0.15) is 21.5 Å². The van der Waals surface area contributed by atoms with Gasteiger partial charge in [0.2, 0.25) is 5.95 Å². The van der Waals surface area contributed by atoms with E-state index in [2.05, 4.69) is 9.97 Å². The monoisotopic (exact) mass is 375 g/mol. The zero-order chi connectivity index (χ0) is 20.3. The fourth-order valence-corrected chi connectivity index (χ4v) is 2.65. The maximum absolute atomic E-state index is 12.4. The summed E-state index contributed by atoms with van der Waals surface area (Å²) in [5.41, 5.74) is 13.7. The Bertz CT molecular complexity index is 1110. The summed E-state index contributed by atoms with van der Waals surface area (Å²) in [7, 11) is 1.44. The van der Waals surface area contributed by atoms with Gasteiger partial charge in [0.1, 0.15) is 17.5 Å². The summed E-state index contributed by atoms with van der Waals surface area (Å²) in [6.07, 6.45) is 0. The van der Waals surface area contributed by atoms with Crippen molar-refractivity contribution in [1.29, 1.82) is 5.26 Å². The molecule has 1 heterocycles. The van der Waals surface area contributed by atoms with Crippen molar-refractivity contribution < 1.29 is 14.3 Å². The van der Waals surface area contributed by atoms with Crippen LogP contribution >= 0.6 is 0 Å². The van der Waals surface area contributed by atoms with Crippen molar-refractivity contribution in [2.24, 2.45) is 0 Å². The predicted octanol–water partition coefficient (Wildman–Crippen LogP) is 2.72. The van der Waals surface area contributed by atoms with Gasteiger partial charge in [0, 0.05) is 5.56 Å². The lowest BCUT2D eigenvalue weighted by Crippen LogP contribution is -2.09. The zero-order valence-corrected chi connectivity index (χ0v) is 15.3. The Morgan fingerprint density at radius 3 is 2.57 bits per heavy atom. The number of ether oxygens (including phenoxy) is 2. The highest BCUT2D eigenvalue weighted by atomic mass is 16.6. The van der Waals surface area contributed by atoms with E-state index in [4.69, 9.17) is 20.9 Å². The molecule has 8 nitrogen and oxygen atoms in total. The van der Waals surface area contributed by atoms with Gasteiger partial charge in [0.05, 0.1) is 18.4 Å². The second-order valence-corrected chi connectivity index (χ2v) is 5.93. The molecule has 28 heavy (non-hydrogen) atoms. The van der Waals surface area contributed by atoms with Crippen molar-refractivity contribution in [2.45, 2.75) is 6.92 Å². The quantitative estimate of drug-likeness (QED) is 0.524. The largest absolute Gasteiger partial charge is 0.493 e. The summed E-state index contributed by atoms with van der Waals surface area (Å²) >= 11 is 0. The van der Waals surface area contributed by atoms with E-state index in [1.165, 1.54) is 7.11 Å². The highest BCUT2D eigenvalue weighted by Crippen LogP contribution is 2.34. The van der Waals surface area contributed by atoms with E-state index in [9.17, 15) is 10.1 Å². The predicted molar refractivity (Wildman–Crippen MR) is 104 cm³/mol. The van der Waals surface area contributed by atoms with Crippen molar-refractivity contribution in [3.8, 4) is 28.8 Å². The van der Waals surface area contributed by atoms with Crippen molar-refractivity contribution in [1.82, 2.24) is 9.97 Å². The van der Waals surface area contributed by atoms with Crippen LogP contribution in [0.5, 0.6) is 11.5 Å². The molecule has 0 spiro atoms. The molecule has 0 unspecified atom stereocenters. The number of nitriles is 1. The van der Waals surface area contributed by atoms with E-state index < -0.39 is 5.97 Å². The molecule has 0 radical (unpaired) electrons. The van der Waals surface area contributed by atoms with Gasteiger partial charge < -0.3 is 20.9 Å². The van der Waals surface area contributed by atoms with Gasteiger partial charge >= 0.3 is 5.97 Å². The molecule has 0 aliphatic carbocycles. The van der Waals surface area contributed by atoms with Crippen LogP contribution in [-0.2, 0) is 0 Å². The fourth-order valence-electron chi connectivity index (χ4n) is 2.65. The molecule has 0 saturated heterocycles. The van der Waals surface area contributed by atoms with Crippen LogP contribution in [0, 0.1) is 18.3 Å². The third kappa shape index (κ3) is 3.68. The van der Waals surface area contributed by atoms with Gasteiger partial charge in [0.25, 0.3) is 0 Å². The summed E-state index contributed by atoms with van der Waals surface area (Å²) in [5, 5.41) is 9.35. The Hall–Kier alpha value is -4.12. The number of methoxy groups -OCH3 is 1. The van der Waals surface area contributed by atoms with E-state index in [0.717, 1.165) is 5.56 Å². The minimum Gasteiger partial charge on any atom is -0.493 e. The highest BCUT2D eigenvalue weighted by molar-refractivity contribution is 5.91. The number of aromatic nitrogens is 2. The smallest absolute Gasteiger partial charge is 0.343 e. The molecule has 8 heteroatoms. The van der Waals surface area contributed by atoms with Crippen LogP contribution in [0.25, 0.3) is 11.3 Å². The number of anilines is 2. The number of hydrogen-bond donors (Lipinski definition) is 2. The molecule has 3 aromatic rings. The molecule has 0 aliphatic heterocycles. The molecular weight excluding hydrogens is 358 g/mol. The fraction of sp³-hybridized carbons (Fsp3) is 0.100. The lowest BCUT2D eigenvalue weighted by Gasteiger charge is -2.12. The minimum atomic E-state index is -0.511. The molecule has 3 rings (SSSR count). The SMILES string of the molecule is COc1cc(-c2nc(N)nc(N)c2C#N)ccc1OC(=O)c1cccc(C)c1. The number of esters is 1. The Kier molecular flexibility index (Phi) is 5.09. The molecule has 0 fully saturated rings. The highest BCUT2D eigenvalue weighted by Gasteiger charge is 2.17. The van der Waals surface area contributed by atoms with Crippen LogP contribution in [-0.4, -0.2) is 23.0 Å². The van der Waals surface area contributed by atoms with Gasteiger partial charge in [0.15, 0.2) is 11.5 Å². The van der Waals surface area contributed by atoms with E-state index in [1.807, 2.05) is 19.1 Å². The number of nitrogens with zero attached hydrogens (tertiary/aromatic N) is 3. The van der Waals surface area contributed by atoms with E-state index in [-0.39, 0.29) is 34.5 Å². The first kappa shape index (κ1) is 18.7. The summed E-state index contributed by atoms with van der Waals surface area (Å²) < 4.78 is 10.8. The molecule has 1 aromatic heterocycles. The summed E-state index contributed by atoms with van der Waals surface area (Å²) in [6.45, 7) is 1.89. The first-order valence-corrected chi connectivity index (χ1v) is 8.23. The van der Waals surface area contributed by atoms with Crippen LogP contribution in [0.4, 0.5) is 11.8 Å².